The molecule has 0 aliphatic carbocycles. The molecule has 0 saturated carbocycles. The fourth-order valence-corrected chi connectivity index (χ4v) is 8.11. The molecule has 46 heavy (non-hydrogen) atoms. The van der Waals surface area contributed by atoms with Crippen molar-refractivity contribution in [2.75, 3.05) is 4.90 Å². The topological polar surface area (TPSA) is 41.9 Å². The van der Waals surface area contributed by atoms with Gasteiger partial charge < -0.3 is 0 Å². The molecule has 1 aliphatic heterocycles. The average Bonchev–Trinajstić information content (AvgIpc) is 3.50. The normalized spacial score (nSPS) is 12.3. The molecule has 0 atom stereocenters. The maximum Gasteiger partial charge on any atom is 0.238 e. The summed E-state index contributed by atoms with van der Waals surface area (Å²) in [4.78, 5) is 17.8. The van der Waals surface area contributed by atoms with Gasteiger partial charge in [0, 0.05) is 42.2 Å². The summed E-state index contributed by atoms with van der Waals surface area (Å²) in [6.07, 6.45) is 0. The Labute approximate surface area is 268 Å². The highest BCUT2D eigenvalue weighted by Gasteiger charge is 2.30. The van der Waals surface area contributed by atoms with Gasteiger partial charge in [0.1, 0.15) is 0 Å². The number of anilines is 3. The number of thiophene rings is 1. The third kappa shape index (κ3) is 3.76. The molecule has 0 saturated heterocycles. The van der Waals surface area contributed by atoms with Crippen molar-refractivity contribution in [2.45, 2.75) is 0 Å². The summed E-state index contributed by atoms with van der Waals surface area (Å²) < 4.78 is 2.50. The summed E-state index contributed by atoms with van der Waals surface area (Å²) in [6.45, 7) is 0. The average molecular weight is 605 g/mol. The first kappa shape index (κ1) is 25.4. The van der Waals surface area contributed by atoms with E-state index in [1.807, 2.05) is 18.2 Å². The number of benzene rings is 7. The van der Waals surface area contributed by atoms with Gasteiger partial charge in [0.25, 0.3) is 0 Å². The van der Waals surface area contributed by atoms with Gasteiger partial charge in [-0.15, -0.1) is 11.3 Å². The van der Waals surface area contributed by atoms with Gasteiger partial charge >= 0.3 is 0 Å². The first-order valence-corrected chi connectivity index (χ1v) is 16.2. The van der Waals surface area contributed by atoms with Crippen molar-refractivity contribution in [3.05, 3.63) is 146 Å². The van der Waals surface area contributed by atoms with Gasteiger partial charge in [-0.1, -0.05) is 121 Å². The standard InChI is InChI=1S/C41H24N4S/c1-2-11-27(12-3-1)39-42-40(28-20-22-31-30-16-6-7-19-35(30)46-36(31)24-28)44-41(43-39)45-33-18-9-14-26-13-8-17-32(37(26)33)38-29-15-5-4-10-25(29)21-23-34(38)45/h1-24H. The lowest BCUT2D eigenvalue weighted by Gasteiger charge is -2.32. The van der Waals surface area contributed by atoms with Gasteiger partial charge in [-0.25, -0.2) is 4.98 Å². The smallest absolute Gasteiger partial charge is 0.238 e. The number of hydrogen-bond donors (Lipinski definition) is 0. The summed E-state index contributed by atoms with van der Waals surface area (Å²) in [7, 11) is 0. The van der Waals surface area contributed by atoms with Gasteiger partial charge in [0.2, 0.25) is 5.95 Å². The fourth-order valence-electron chi connectivity index (χ4n) is 6.97. The lowest BCUT2D eigenvalue weighted by molar-refractivity contribution is 1.02. The van der Waals surface area contributed by atoms with Crippen molar-refractivity contribution < 1.29 is 0 Å². The highest BCUT2D eigenvalue weighted by atomic mass is 32.1. The zero-order valence-corrected chi connectivity index (χ0v) is 25.4. The van der Waals surface area contributed by atoms with Crippen LogP contribution in [-0.4, -0.2) is 15.0 Å². The van der Waals surface area contributed by atoms with E-state index in [0.717, 1.165) is 22.5 Å². The Kier molecular flexibility index (Phi) is 5.41. The molecule has 0 bridgehead atoms. The van der Waals surface area contributed by atoms with Crippen LogP contribution in [0.2, 0.25) is 0 Å². The van der Waals surface area contributed by atoms with E-state index in [1.54, 1.807) is 11.3 Å². The molecule has 4 nitrogen and oxygen atoms in total. The zero-order valence-electron chi connectivity index (χ0n) is 24.6. The number of hydrogen-bond acceptors (Lipinski definition) is 5. The number of rotatable bonds is 3. The Bertz CT molecular complexity index is 2650. The maximum absolute atomic E-state index is 5.26. The Balaban J connectivity index is 1.27. The second-order valence-electron chi connectivity index (χ2n) is 11.7. The van der Waals surface area contributed by atoms with E-state index < -0.39 is 0 Å². The van der Waals surface area contributed by atoms with Gasteiger partial charge in [0.05, 0.1) is 11.4 Å². The molecule has 0 N–H and O–H groups in total. The van der Waals surface area contributed by atoms with Crippen LogP contribution in [0.25, 0.3) is 75.6 Å². The summed E-state index contributed by atoms with van der Waals surface area (Å²) in [6, 6.07) is 51.4. The van der Waals surface area contributed by atoms with Crippen LogP contribution in [0.4, 0.5) is 17.3 Å². The van der Waals surface area contributed by atoms with E-state index >= 15 is 0 Å². The molecule has 0 amide bonds. The van der Waals surface area contributed by atoms with Crippen molar-refractivity contribution in [1.29, 1.82) is 0 Å². The molecule has 7 aromatic carbocycles. The second kappa shape index (κ2) is 9.80. The van der Waals surface area contributed by atoms with E-state index in [2.05, 4.69) is 132 Å². The molecule has 214 valence electrons. The van der Waals surface area contributed by atoms with E-state index in [1.165, 1.54) is 52.8 Å². The van der Waals surface area contributed by atoms with Crippen molar-refractivity contribution >= 4 is 70.4 Å². The Morgan fingerprint density at radius 1 is 0.457 bits per heavy atom. The Morgan fingerprint density at radius 3 is 2.07 bits per heavy atom. The van der Waals surface area contributed by atoms with Gasteiger partial charge in [-0.2, -0.15) is 9.97 Å². The van der Waals surface area contributed by atoms with Crippen LogP contribution in [0, 0.1) is 0 Å². The summed E-state index contributed by atoms with van der Waals surface area (Å²) >= 11 is 1.80. The van der Waals surface area contributed by atoms with Crippen molar-refractivity contribution in [3.8, 4) is 33.9 Å². The number of fused-ring (bicyclic) bond motifs is 7. The quantitative estimate of drug-likeness (QED) is 0.201. The van der Waals surface area contributed by atoms with Crippen LogP contribution in [0.3, 0.4) is 0 Å². The largest absolute Gasteiger partial charge is 0.278 e. The minimum Gasteiger partial charge on any atom is -0.278 e. The van der Waals surface area contributed by atoms with Crippen LogP contribution >= 0.6 is 11.3 Å². The Hall–Kier alpha value is -5.91. The maximum atomic E-state index is 5.26. The minimum atomic E-state index is 0.596. The Morgan fingerprint density at radius 2 is 1.17 bits per heavy atom. The first-order valence-electron chi connectivity index (χ1n) is 15.4. The molecule has 5 heteroatoms. The monoisotopic (exact) mass is 604 g/mol. The zero-order chi connectivity index (χ0) is 30.2. The van der Waals surface area contributed by atoms with E-state index in [-0.39, 0.29) is 0 Å². The minimum absolute atomic E-state index is 0.596. The molecular formula is C41H24N4S. The van der Waals surface area contributed by atoms with Gasteiger partial charge in [0.15, 0.2) is 11.6 Å². The predicted octanol–water partition coefficient (Wildman–Crippen LogP) is 11.3. The molecule has 3 heterocycles. The molecule has 9 aromatic rings. The summed E-state index contributed by atoms with van der Waals surface area (Å²) in [5, 5.41) is 7.33. The highest BCUT2D eigenvalue weighted by Crippen LogP contribution is 2.52. The van der Waals surface area contributed by atoms with Crippen LogP contribution in [0.15, 0.2) is 146 Å². The van der Waals surface area contributed by atoms with Crippen molar-refractivity contribution in [1.82, 2.24) is 15.0 Å². The number of nitrogens with zero attached hydrogens (tertiary/aromatic N) is 4. The molecule has 0 radical (unpaired) electrons. The van der Waals surface area contributed by atoms with E-state index in [0.29, 0.717) is 17.6 Å². The van der Waals surface area contributed by atoms with Crippen LogP contribution < -0.4 is 4.90 Å². The highest BCUT2D eigenvalue weighted by molar-refractivity contribution is 7.25. The van der Waals surface area contributed by atoms with Gasteiger partial charge in [-0.05, 0) is 46.0 Å². The lowest BCUT2D eigenvalue weighted by atomic mass is 9.88. The molecule has 1 aliphatic rings. The molecule has 10 rings (SSSR count). The molecule has 0 spiro atoms. The summed E-state index contributed by atoms with van der Waals surface area (Å²) in [5.41, 5.74) is 6.45. The second-order valence-corrected chi connectivity index (χ2v) is 12.7. The van der Waals surface area contributed by atoms with Crippen molar-refractivity contribution in [2.24, 2.45) is 0 Å². The third-order valence-electron chi connectivity index (χ3n) is 9.03. The molecule has 0 unspecified atom stereocenters. The fraction of sp³-hybridized carbons (Fsp3) is 0. The van der Waals surface area contributed by atoms with Crippen LogP contribution in [0.1, 0.15) is 0 Å². The van der Waals surface area contributed by atoms with Crippen LogP contribution in [0.5, 0.6) is 0 Å². The molecular weight excluding hydrogens is 581 g/mol. The third-order valence-corrected chi connectivity index (χ3v) is 10.2. The SMILES string of the molecule is c1ccc(-c2nc(-c3ccc4c(c3)sc3ccccc34)nc(N3c4ccc5ccccc5c4-c4cccc5cccc3c45)n2)cc1. The molecule has 2 aromatic heterocycles. The van der Waals surface area contributed by atoms with E-state index in [4.69, 9.17) is 15.0 Å². The summed E-state index contributed by atoms with van der Waals surface area (Å²) in [5.74, 6) is 1.89. The molecule has 0 fully saturated rings. The predicted molar refractivity (Wildman–Crippen MR) is 192 cm³/mol. The van der Waals surface area contributed by atoms with Crippen molar-refractivity contribution in [3.63, 3.8) is 0 Å². The van der Waals surface area contributed by atoms with Gasteiger partial charge in [-0.3, -0.25) is 4.90 Å². The first-order chi connectivity index (χ1) is 22.8. The number of aromatic nitrogens is 3. The van der Waals surface area contributed by atoms with E-state index in [9.17, 15) is 0 Å². The lowest BCUT2D eigenvalue weighted by Crippen LogP contribution is -2.19. The van der Waals surface area contributed by atoms with Crippen LogP contribution in [-0.2, 0) is 0 Å².